The minimum Gasteiger partial charge on any atom is -0.600 e. The van der Waals surface area contributed by atoms with Gasteiger partial charge < -0.3 is 5.21 Å². The molecular weight excluding hydrogens is 130 g/mol. The van der Waals surface area contributed by atoms with Crippen molar-refractivity contribution in [2.45, 2.75) is 31.7 Å². The monoisotopic (exact) mass is 143 g/mol. The quantitative estimate of drug-likeness (QED) is 0.408. The Morgan fingerprint density at radius 3 is 2.40 bits per heavy atom. The lowest BCUT2D eigenvalue weighted by Crippen LogP contribution is -3.09. The predicted molar refractivity (Wildman–Crippen MR) is 37.5 cm³/mol. The second kappa shape index (κ2) is 3.14. The van der Waals surface area contributed by atoms with Crippen LogP contribution in [0.15, 0.2) is 12.2 Å². The zero-order valence-corrected chi connectivity index (χ0v) is 5.97. The molecule has 1 saturated carbocycles. The van der Waals surface area contributed by atoms with Gasteiger partial charge in [0.25, 0.3) is 0 Å². The Morgan fingerprint density at radius 1 is 1.50 bits per heavy atom. The van der Waals surface area contributed by atoms with Crippen molar-refractivity contribution in [2.75, 3.05) is 0 Å². The summed E-state index contributed by atoms with van der Waals surface area (Å²) in [4.78, 5) is 0. The van der Waals surface area contributed by atoms with Gasteiger partial charge in [-0.05, 0) is 12.8 Å². The lowest BCUT2D eigenvalue weighted by Gasteiger charge is -2.27. The van der Waals surface area contributed by atoms with Gasteiger partial charge in [0.1, 0.15) is 6.04 Å². The molecule has 1 unspecified atom stereocenters. The first kappa shape index (κ1) is 7.72. The van der Waals surface area contributed by atoms with Gasteiger partial charge in [0.15, 0.2) is 0 Å². The molecule has 1 atom stereocenters. The van der Waals surface area contributed by atoms with E-state index in [1.54, 1.807) is 0 Å². The Labute approximate surface area is 60.5 Å². The van der Waals surface area contributed by atoms with Crippen LogP contribution < -0.4 is 5.23 Å². The standard InChI is InChI=1S/C7H13NO2/c1-6-2-4-7(5-3-6)8(9)10/h7-9H,1-5H2. The molecule has 0 aromatic carbocycles. The number of hydrogen-bond donors (Lipinski definition) is 2. The second-order valence-electron chi connectivity index (χ2n) is 2.86. The maximum absolute atomic E-state index is 10.4. The van der Waals surface area contributed by atoms with Crippen LogP contribution >= 0.6 is 0 Å². The summed E-state index contributed by atoms with van der Waals surface area (Å²) in [6.45, 7) is 3.82. The molecule has 58 valence electrons. The molecule has 1 aliphatic carbocycles. The summed E-state index contributed by atoms with van der Waals surface area (Å²) in [5, 5.41) is 18.4. The Kier molecular flexibility index (Phi) is 2.43. The fourth-order valence-electron chi connectivity index (χ4n) is 1.27. The molecule has 0 heterocycles. The van der Waals surface area contributed by atoms with E-state index in [4.69, 9.17) is 5.21 Å². The largest absolute Gasteiger partial charge is 0.600 e. The maximum atomic E-state index is 10.4. The minimum atomic E-state index is -0.646. The van der Waals surface area contributed by atoms with E-state index < -0.39 is 5.23 Å². The van der Waals surface area contributed by atoms with Crippen LogP contribution in [0, 0.1) is 5.21 Å². The van der Waals surface area contributed by atoms with Gasteiger partial charge in [-0.25, -0.2) is 10.4 Å². The van der Waals surface area contributed by atoms with Crippen molar-refractivity contribution in [3.8, 4) is 0 Å². The molecule has 0 aromatic rings. The predicted octanol–water partition coefficient (Wildman–Crippen LogP) is 0.257. The third kappa shape index (κ3) is 1.80. The Hall–Kier alpha value is -0.380. The SMILES string of the molecule is C=C1CCC([NH+]([O-])O)CC1. The molecule has 10 heavy (non-hydrogen) atoms. The zero-order valence-electron chi connectivity index (χ0n) is 5.97. The van der Waals surface area contributed by atoms with E-state index >= 15 is 0 Å². The van der Waals surface area contributed by atoms with E-state index in [0.717, 1.165) is 25.7 Å². The molecule has 1 rings (SSSR count). The first-order valence-electron chi connectivity index (χ1n) is 3.59. The normalized spacial score (nSPS) is 24.8. The molecule has 3 heteroatoms. The van der Waals surface area contributed by atoms with Crippen LogP contribution in [0.3, 0.4) is 0 Å². The van der Waals surface area contributed by atoms with E-state index in [-0.39, 0.29) is 6.04 Å². The highest BCUT2D eigenvalue weighted by atomic mass is 16.8. The molecule has 1 aliphatic rings. The van der Waals surface area contributed by atoms with Gasteiger partial charge in [0.05, 0.1) is 0 Å². The summed E-state index contributed by atoms with van der Waals surface area (Å²) in [7, 11) is 0. The van der Waals surface area contributed by atoms with Gasteiger partial charge in [-0.3, -0.25) is 0 Å². The number of hydroxylamine groups is 2. The molecule has 0 saturated heterocycles. The van der Waals surface area contributed by atoms with Crippen LogP contribution in [0.2, 0.25) is 0 Å². The number of allylic oxidation sites excluding steroid dienone is 1. The van der Waals surface area contributed by atoms with E-state index in [2.05, 4.69) is 6.58 Å². The Balaban J connectivity index is 2.33. The van der Waals surface area contributed by atoms with Crippen molar-refractivity contribution in [1.82, 2.24) is 0 Å². The number of quaternary nitrogens is 1. The van der Waals surface area contributed by atoms with E-state index in [1.165, 1.54) is 5.57 Å². The van der Waals surface area contributed by atoms with Gasteiger partial charge >= 0.3 is 0 Å². The maximum Gasteiger partial charge on any atom is 0.117 e. The third-order valence-corrected chi connectivity index (χ3v) is 2.04. The minimum absolute atomic E-state index is 0.106. The molecule has 0 aromatic heterocycles. The van der Waals surface area contributed by atoms with Crippen molar-refractivity contribution in [2.24, 2.45) is 0 Å². The second-order valence-corrected chi connectivity index (χ2v) is 2.86. The van der Waals surface area contributed by atoms with Gasteiger partial charge in [-0.15, -0.1) is 0 Å². The van der Waals surface area contributed by atoms with E-state index in [1.807, 2.05) is 0 Å². The van der Waals surface area contributed by atoms with Crippen LogP contribution in [0.4, 0.5) is 0 Å². The summed E-state index contributed by atoms with van der Waals surface area (Å²) in [5.41, 5.74) is 1.21. The summed E-state index contributed by atoms with van der Waals surface area (Å²) < 4.78 is 0. The van der Waals surface area contributed by atoms with Crippen molar-refractivity contribution in [1.29, 1.82) is 0 Å². The molecule has 2 N–H and O–H groups in total. The van der Waals surface area contributed by atoms with Crippen LogP contribution in [0.5, 0.6) is 0 Å². The average molecular weight is 143 g/mol. The number of hydrogen-bond acceptors (Lipinski definition) is 2. The topological polar surface area (TPSA) is 47.7 Å². The highest BCUT2D eigenvalue weighted by Gasteiger charge is 2.19. The molecule has 0 spiro atoms. The van der Waals surface area contributed by atoms with Crippen molar-refractivity contribution >= 4 is 0 Å². The lowest BCUT2D eigenvalue weighted by molar-refractivity contribution is -1.07. The third-order valence-electron chi connectivity index (χ3n) is 2.04. The highest BCUT2D eigenvalue weighted by molar-refractivity contribution is 4.98. The fraction of sp³-hybridized carbons (Fsp3) is 0.714. The summed E-state index contributed by atoms with van der Waals surface area (Å²) in [5.74, 6) is 0. The number of rotatable bonds is 1. The molecule has 0 bridgehead atoms. The van der Waals surface area contributed by atoms with Crippen molar-refractivity contribution in [3.63, 3.8) is 0 Å². The Morgan fingerprint density at radius 2 is 2.00 bits per heavy atom. The smallest absolute Gasteiger partial charge is 0.117 e. The van der Waals surface area contributed by atoms with Gasteiger partial charge in [0.2, 0.25) is 0 Å². The summed E-state index contributed by atoms with van der Waals surface area (Å²) >= 11 is 0. The molecule has 0 amide bonds. The molecule has 1 fully saturated rings. The van der Waals surface area contributed by atoms with Crippen LogP contribution in [-0.2, 0) is 0 Å². The first-order valence-corrected chi connectivity index (χ1v) is 3.59. The van der Waals surface area contributed by atoms with Gasteiger partial charge in [0, 0.05) is 12.8 Å². The van der Waals surface area contributed by atoms with Gasteiger partial charge in [-0.2, -0.15) is 0 Å². The van der Waals surface area contributed by atoms with Crippen molar-refractivity contribution < 1.29 is 10.4 Å². The average Bonchev–Trinajstić information content (AvgIpc) is 1.88. The molecule has 0 aliphatic heterocycles. The first-order chi connectivity index (χ1) is 4.70. The van der Waals surface area contributed by atoms with Gasteiger partial charge in [-0.1, -0.05) is 12.2 Å². The molecule has 0 radical (unpaired) electrons. The van der Waals surface area contributed by atoms with Crippen LogP contribution in [0.1, 0.15) is 25.7 Å². The van der Waals surface area contributed by atoms with E-state index in [0.29, 0.717) is 0 Å². The van der Waals surface area contributed by atoms with E-state index in [9.17, 15) is 5.21 Å². The van der Waals surface area contributed by atoms with Crippen LogP contribution in [-0.4, -0.2) is 11.2 Å². The Bertz CT molecular complexity index is 124. The van der Waals surface area contributed by atoms with Crippen LogP contribution in [0.25, 0.3) is 0 Å². The summed E-state index contributed by atoms with van der Waals surface area (Å²) in [6, 6.07) is -0.106. The molecule has 3 nitrogen and oxygen atoms in total. The fourth-order valence-corrected chi connectivity index (χ4v) is 1.27. The number of nitrogens with one attached hydrogen (secondary N) is 1. The molecular formula is C7H13NO2. The lowest BCUT2D eigenvalue weighted by atomic mass is 9.92. The summed E-state index contributed by atoms with van der Waals surface area (Å²) in [6.07, 6.45) is 3.37. The zero-order chi connectivity index (χ0) is 7.56. The highest BCUT2D eigenvalue weighted by Crippen LogP contribution is 2.19. The van der Waals surface area contributed by atoms with Crippen molar-refractivity contribution in [3.05, 3.63) is 17.4 Å².